The van der Waals surface area contributed by atoms with Crippen molar-refractivity contribution < 1.29 is 17.6 Å². The van der Waals surface area contributed by atoms with Crippen molar-refractivity contribution >= 4 is 11.9 Å². The van der Waals surface area contributed by atoms with Gasteiger partial charge in [0.1, 0.15) is 11.5 Å². The van der Waals surface area contributed by atoms with E-state index < -0.39 is 11.9 Å². The molecule has 0 fully saturated rings. The van der Waals surface area contributed by atoms with Crippen LogP contribution in [0.3, 0.4) is 0 Å². The number of nitrogens with one attached hydrogen (secondary N) is 2. The molecule has 1 aromatic heterocycles. The Labute approximate surface area is 154 Å². The monoisotopic (exact) mass is 384 g/mol. The number of rotatable bonds is 6. The van der Waals surface area contributed by atoms with Crippen molar-refractivity contribution in [3.05, 3.63) is 53.6 Å². The Morgan fingerprint density at radius 1 is 1.22 bits per heavy atom. The largest absolute Gasteiger partial charge is 0.433 e. The third kappa shape index (κ3) is 6.39. The average Bonchev–Trinajstić information content (AvgIpc) is 2.61. The topological polar surface area (TPSA) is 65.4 Å². The molecule has 0 atom stereocenters. The van der Waals surface area contributed by atoms with Crippen LogP contribution in [0.25, 0.3) is 0 Å². The van der Waals surface area contributed by atoms with Crippen molar-refractivity contribution in [1.82, 2.24) is 20.2 Å². The van der Waals surface area contributed by atoms with Gasteiger partial charge in [-0.25, -0.2) is 14.4 Å². The van der Waals surface area contributed by atoms with Crippen LogP contribution in [-0.4, -0.2) is 48.0 Å². The predicted molar refractivity (Wildman–Crippen MR) is 94.8 cm³/mol. The number of alkyl halides is 3. The van der Waals surface area contributed by atoms with E-state index in [-0.39, 0.29) is 18.3 Å². The smallest absolute Gasteiger partial charge is 0.354 e. The Morgan fingerprint density at radius 3 is 2.67 bits per heavy atom. The van der Waals surface area contributed by atoms with Crippen LogP contribution >= 0.6 is 0 Å². The number of nitrogens with zero attached hydrogens (tertiary/aromatic N) is 4. The molecule has 27 heavy (non-hydrogen) atoms. The van der Waals surface area contributed by atoms with E-state index in [1.165, 1.54) is 12.1 Å². The first-order valence-corrected chi connectivity index (χ1v) is 8.10. The van der Waals surface area contributed by atoms with Gasteiger partial charge in [-0.15, -0.1) is 0 Å². The molecule has 0 saturated heterocycles. The van der Waals surface area contributed by atoms with E-state index in [1.807, 2.05) is 0 Å². The van der Waals surface area contributed by atoms with Gasteiger partial charge in [0, 0.05) is 39.9 Å². The quantitative estimate of drug-likeness (QED) is 0.347. The van der Waals surface area contributed by atoms with Crippen molar-refractivity contribution in [2.45, 2.75) is 12.7 Å². The number of anilines is 1. The molecule has 2 N–H and O–H groups in total. The molecule has 0 aliphatic carbocycles. The molecule has 0 bridgehead atoms. The number of halogens is 4. The van der Waals surface area contributed by atoms with Crippen LogP contribution in [0.4, 0.5) is 23.5 Å². The van der Waals surface area contributed by atoms with Crippen molar-refractivity contribution in [3.63, 3.8) is 0 Å². The summed E-state index contributed by atoms with van der Waals surface area (Å²) in [6.45, 7) is 1.11. The minimum absolute atomic E-state index is 0.102. The maximum Gasteiger partial charge on any atom is 0.433 e. The molecule has 2 aromatic rings. The molecule has 146 valence electrons. The average molecular weight is 384 g/mol. The Bertz CT molecular complexity index is 778. The second kappa shape index (κ2) is 9.15. The van der Waals surface area contributed by atoms with Gasteiger partial charge in [0.25, 0.3) is 0 Å². The van der Waals surface area contributed by atoms with Gasteiger partial charge in [-0.05, 0) is 23.8 Å². The molecule has 0 aliphatic heterocycles. The summed E-state index contributed by atoms with van der Waals surface area (Å²) < 4.78 is 51.1. The zero-order valence-electron chi connectivity index (χ0n) is 14.9. The number of aromatic nitrogens is 2. The van der Waals surface area contributed by atoms with Crippen molar-refractivity contribution in [1.29, 1.82) is 0 Å². The minimum Gasteiger partial charge on any atom is -0.354 e. The summed E-state index contributed by atoms with van der Waals surface area (Å²) in [4.78, 5) is 13.1. The molecular weight excluding hydrogens is 364 g/mol. The number of benzene rings is 1. The molecular formula is C17H20F4N6. The first-order chi connectivity index (χ1) is 12.8. The normalized spacial score (nSPS) is 12.0. The van der Waals surface area contributed by atoms with Crippen LogP contribution in [-0.2, 0) is 12.7 Å². The lowest BCUT2D eigenvalue weighted by Crippen LogP contribution is -2.40. The Balaban J connectivity index is 1.83. The highest BCUT2D eigenvalue weighted by molar-refractivity contribution is 5.79. The summed E-state index contributed by atoms with van der Waals surface area (Å²) >= 11 is 0. The second-order valence-electron chi connectivity index (χ2n) is 5.65. The van der Waals surface area contributed by atoms with Gasteiger partial charge in [-0.2, -0.15) is 13.2 Å². The summed E-state index contributed by atoms with van der Waals surface area (Å²) in [6, 6.07) is 7.06. The van der Waals surface area contributed by atoms with Gasteiger partial charge in [-0.3, -0.25) is 4.99 Å². The zero-order valence-corrected chi connectivity index (χ0v) is 14.9. The summed E-state index contributed by atoms with van der Waals surface area (Å²) in [6.07, 6.45) is -3.46. The van der Waals surface area contributed by atoms with Crippen LogP contribution < -0.4 is 10.6 Å². The molecule has 6 nitrogen and oxygen atoms in total. The Hall–Kier alpha value is -2.91. The standard InChI is InChI=1S/C17H20F4N6/c1-22-16(27(2)11-12-4-3-5-13(18)10-12)25-9-8-24-15-23-7-6-14(26-15)17(19,20)21/h3-7,10H,8-9,11H2,1-2H3,(H,22,25)(H,23,24,26). The first kappa shape index (κ1) is 20.4. The highest BCUT2D eigenvalue weighted by atomic mass is 19.4. The van der Waals surface area contributed by atoms with Crippen LogP contribution in [0.1, 0.15) is 11.3 Å². The van der Waals surface area contributed by atoms with Crippen LogP contribution in [0.2, 0.25) is 0 Å². The maximum absolute atomic E-state index is 13.3. The van der Waals surface area contributed by atoms with Crippen molar-refractivity contribution in [2.24, 2.45) is 4.99 Å². The SMILES string of the molecule is CN=C(NCCNc1nccc(C(F)(F)F)n1)N(C)Cc1cccc(F)c1. The summed E-state index contributed by atoms with van der Waals surface area (Å²) in [5.74, 6) is 0.148. The number of aliphatic imine (C=N–C) groups is 1. The highest BCUT2D eigenvalue weighted by Crippen LogP contribution is 2.27. The van der Waals surface area contributed by atoms with Gasteiger partial charge in [0.15, 0.2) is 5.96 Å². The van der Waals surface area contributed by atoms with Gasteiger partial charge in [0.05, 0.1) is 0 Å². The third-order valence-corrected chi connectivity index (χ3v) is 3.52. The molecule has 10 heteroatoms. The number of hydrogen-bond acceptors (Lipinski definition) is 4. The van der Waals surface area contributed by atoms with E-state index in [0.29, 0.717) is 19.0 Å². The van der Waals surface area contributed by atoms with E-state index >= 15 is 0 Å². The van der Waals surface area contributed by atoms with Crippen LogP contribution in [0.5, 0.6) is 0 Å². The molecule has 0 saturated carbocycles. The Morgan fingerprint density at radius 2 is 2.00 bits per heavy atom. The molecule has 1 aromatic carbocycles. The fourth-order valence-corrected chi connectivity index (χ4v) is 2.32. The van der Waals surface area contributed by atoms with E-state index in [4.69, 9.17) is 0 Å². The van der Waals surface area contributed by atoms with Crippen molar-refractivity contribution in [3.8, 4) is 0 Å². The Kier molecular flexibility index (Phi) is 6.91. The van der Waals surface area contributed by atoms with E-state index in [2.05, 4.69) is 25.6 Å². The summed E-state index contributed by atoms with van der Waals surface area (Å²) in [5, 5.41) is 5.79. The van der Waals surface area contributed by atoms with Gasteiger partial charge >= 0.3 is 6.18 Å². The number of guanidine groups is 1. The molecule has 2 rings (SSSR count). The van der Waals surface area contributed by atoms with E-state index in [0.717, 1.165) is 17.8 Å². The molecule has 0 radical (unpaired) electrons. The van der Waals surface area contributed by atoms with E-state index in [9.17, 15) is 17.6 Å². The minimum atomic E-state index is -4.51. The molecule has 0 amide bonds. The summed E-state index contributed by atoms with van der Waals surface area (Å²) in [5.41, 5.74) is -0.213. The molecule has 0 aliphatic rings. The van der Waals surface area contributed by atoms with Crippen LogP contribution in [0.15, 0.2) is 41.5 Å². The lowest BCUT2D eigenvalue weighted by atomic mass is 10.2. The lowest BCUT2D eigenvalue weighted by Gasteiger charge is -2.22. The first-order valence-electron chi connectivity index (χ1n) is 8.10. The molecule has 1 heterocycles. The maximum atomic E-state index is 13.3. The third-order valence-electron chi connectivity index (χ3n) is 3.52. The lowest BCUT2D eigenvalue weighted by molar-refractivity contribution is -0.141. The van der Waals surface area contributed by atoms with Crippen molar-refractivity contribution in [2.75, 3.05) is 32.5 Å². The second-order valence-corrected chi connectivity index (χ2v) is 5.65. The van der Waals surface area contributed by atoms with Crippen LogP contribution in [0, 0.1) is 5.82 Å². The number of hydrogen-bond donors (Lipinski definition) is 2. The fraction of sp³-hybridized carbons (Fsp3) is 0.353. The van der Waals surface area contributed by atoms with E-state index in [1.54, 1.807) is 31.1 Å². The molecule has 0 spiro atoms. The van der Waals surface area contributed by atoms with Gasteiger partial charge in [0.2, 0.25) is 5.95 Å². The highest BCUT2D eigenvalue weighted by Gasteiger charge is 2.32. The molecule has 0 unspecified atom stereocenters. The van der Waals surface area contributed by atoms with Gasteiger partial charge in [-0.1, -0.05) is 12.1 Å². The zero-order chi connectivity index (χ0) is 19.9. The fourth-order valence-electron chi connectivity index (χ4n) is 2.32. The summed E-state index contributed by atoms with van der Waals surface area (Å²) in [7, 11) is 3.40. The van der Waals surface area contributed by atoms with Gasteiger partial charge < -0.3 is 15.5 Å². The predicted octanol–water partition coefficient (Wildman–Crippen LogP) is 2.75.